The standard InChI is InChI=1S/C22H27N5O2S2.C2HF3O2/c1-17-12-22(31(28,29)25-21-15-30-16-24-21)23-13-20(17)26(2)19-8-10-27(11-9-19)14-18-6-4-3-5-7-18;3-2(4,5)1(6)7/h3-7,12-13,15-16,19,25H,8-11,14H2,1-2H3;(H,6,7). The number of halogens is 3. The predicted molar refractivity (Wildman–Crippen MR) is 139 cm³/mol. The van der Waals surface area contributed by atoms with Gasteiger partial charge in [0.15, 0.2) is 10.8 Å². The molecule has 2 N–H and O–H groups in total. The molecule has 0 amide bonds. The number of aromatic nitrogens is 2. The molecular formula is C24H28F3N5O4S2. The smallest absolute Gasteiger partial charge is 0.475 e. The summed E-state index contributed by atoms with van der Waals surface area (Å²) < 4.78 is 59.4. The Morgan fingerprint density at radius 3 is 2.37 bits per heavy atom. The molecule has 14 heteroatoms. The van der Waals surface area contributed by atoms with E-state index in [0.717, 1.165) is 43.7 Å². The van der Waals surface area contributed by atoms with Crippen LogP contribution in [0.2, 0.25) is 0 Å². The lowest BCUT2D eigenvalue weighted by Gasteiger charge is -2.38. The number of carboxylic acids is 1. The van der Waals surface area contributed by atoms with Crippen LogP contribution in [0, 0.1) is 6.92 Å². The fraction of sp³-hybridized carbons (Fsp3) is 0.375. The topological polar surface area (TPSA) is 116 Å². The number of alkyl halides is 3. The molecular weight excluding hydrogens is 543 g/mol. The van der Waals surface area contributed by atoms with E-state index in [1.165, 1.54) is 16.9 Å². The highest BCUT2D eigenvalue weighted by molar-refractivity contribution is 7.92. The Morgan fingerprint density at radius 1 is 1.21 bits per heavy atom. The Hall–Kier alpha value is -3.23. The third kappa shape index (κ3) is 8.13. The van der Waals surface area contributed by atoms with Gasteiger partial charge in [-0.1, -0.05) is 30.3 Å². The normalized spacial score (nSPS) is 14.9. The van der Waals surface area contributed by atoms with E-state index in [0.29, 0.717) is 11.9 Å². The molecule has 1 fully saturated rings. The number of nitrogens with one attached hydrogen (secondary N) is 1. The van der Waals surface area contributed by atoms with Crippen LogP contribution >= 0.6 is 11.3 Å². The molecule has 38 heavy (non-hydrogen) atoms. The van der Waals surface area contributed by atoms with Gasteiger partial charge in [0.2, 0.25) is 0 Å². The Balaban J connectivity index is 0.000000505. The maximum Gasteiger partial charge on any atom is 0.490 e. The van der Waals surface area contributed by atoms with Gasteiger partial charge in [-0.2, -0.15) is 21.6 Å². The second-order valence-corrected chi connectivity index (χ2v) is 11.0. The van der Waals surface area contributed by atoms with Crippen LogP contribution < -0.4 is 9.62 Å². The number of piperidine rings is 1. The van der Waals surface area contributed by atoms with Crippen molar-refractivity contribution in [1.82, 2.24) is 14.9 Å². The van der Waals surface area contributed by atoms with Gasteiger partial charge in [0.1, 0.15) is 0 Å². The van der Waals surface area contributed by atoms with Gasteiger partial charge in [-0.25, -0.2) is 14.8 Å². The average Bonchev–Trinajstić information content (AvgIpc) is 3.37. The van der Waals surface area contributed by atoms with E-state index < -0.39 is 22.2 Å². The number of aliphatic carboxylic acids is 1. The van der Waals surface area contributed by atoms with Gasteiger partial charge < -0.3 is 10.0 Å². The summed E-state index contributed by atoms with van der Waals surface area (Å²) in [4.78, 5) is 21.9. The molecule has 1 aromatic carbocycles. The molecule has 3 aromatic rings. The van der Waals surface area contributed by atoms with Gasteiger partial charge >= 0.3 is 12.1 Å². The number of hydrogen-bond acceptors (Lipinski definition) is 8. The quantitative estimate of drug-likeness (QED) is 0.429. The minimum atomic E-state index is -5.08. The number of rotatable bonds is 7. The number of hydrogen-bond donors (Lipinski definition) is 2. The molecule has 0 bridgehead atoms. The maximum atomic E-state index is 12.6. The van der Waals surface area contributed by atoms with E-state index in [4.69, 9.17) is 9.90 Å². The van der Waals surface area contributed by atoms with Crippen molar-refractivity contribution in [2.75, 3.05) is 29.8 Å². The lowest BCUT2D eigenvalue weighted by Crippen LogP contribution is -2.43. The van der Waals surface area contributed by atoms with Crippen LogP contribution in [0.5, 0.6) is 0 Å². The molecule has 0 aliphatic carbocycles. The van der Waals surface area contributed by atoms with E-state index in [1.54, 1.807) is 23.2 Å². The van der Waals surface area contributed by atoms with E-state index in [2.05, 4.69) is 55.8 Å². The van der Waals surface area contributed by atoms with Crippen molar-refractivity contribution < 1.29 is 31.5 Å². The number of nitrogens with zero attached hydrogens (tertiary/aromatic N) is 4. The molecule has 0 atom stereocenters. The van der Waals surface area contributed by atoms with Crippen LogP contribution in [0.15, 0.2) is 58.5 Å². The fourth-order valence-electron chi connectivity index (χ4n) is 4.00. The zero-order valence-electron chi connectivity index (χ0n) is 20.7. The van der Waals surface area contributed by atoms with E-state index in [1.807, 2.05) is 13.0 Å². The lowest BCUT2D eigenvalue weighted by atomic mass is 10.0. The van der Waals surface area contributed by atoms with Gasteiger partial charge in [0, 0.05) is 38.1 Å². The highest BCUT2D eigenvalue weighted by Crippen LogP contribution is 2.27. The molecule has 4 rings (SSSR count). The van der Waals surface area contributed by atoms with Gasteiger partial charge in [0.25, 0.3) is 10.0 Å². The highest BCUT2D eigenvalue weighted by Gasteiger charge is 2.38. The summed E-state index contributed by atoms with van der Waals surface area (Å²) in [5, 5.41) is 8.78. The maximum absolute atomic E-state index is 12.6. The summed E-state index contributed by atoms with van der Waals surface area (Å²) in [6, 6.07) is 12.6. The summed E-state index contributed by atoms with van der Waals surface area (Å²) in [7, 11) is -1.68. The molecule has 206 valence electrons. The van der Waals surface area contributed by atoms with E-state index in [-0.39, 0.29) is 5.03 Å². The lowest BCUT2D eigenvalue weighted by molar-refractivity contribution is -0.192. The molecule has 0 saturated carbocycles. The van der Waals surface area contributed by atoms with Gasteiger partial charge in [0.05, 0.1) is 17.4 Å². The van der Waals surface area contributed by atoms with Crippen LogP contribution in [-0.2, 0) is 21.4 Å². The van der Waals surface area contributed by atoms with Crippen molar-refractivity contribution >= 4 is 38.8 Å². The molecule has 2 aromatic heterocycles. The van der Waals surface area contributed by atoms with Gasteiger partial charge in [-0.05, 0) is 37.0 Å². The van der Waals surface area contributed by atoms with Gasteiger partial charge in [-0.3, -0.25) is 9.62 Å². The van der Waals surface area contributed by atoms with Crippen molar-refractivity contribution in [3.8, 4) is 0 Å². The van der Waals surface area contributed by atoms with Crippen molar-refractivity contribution in [2.45, 2.75) is 43.6 Å². The summed E-state index contributed by atoms with van der Waals surface area (Å²) in [5.74, 6) is -2.44. The van der Waals surface area contributed by atoms with Crippen LogP contribution in [0.1, 0.15) is 24.0 Å². The number of aryl methyl sites for hydroxylation is 1. The number of carboxylic acid groups (broad SMARTS) is 1. The Bertz CT molecular complexity index is 1300. The molecule has 0 radical (unpaired) electrons. The number of pyridine rings is 1. The zero-order valence-corrected chi connectivity index (χ0v) is 22.4. The van der Waals surface area contributed by atoms with Crippen LogP contribution in [-0.4, -0.2) is 66.7 Å². The second-order valence-electron chi connectivity index (χ2n) is 8.69. The molecule has 1 aliphatic rings. The molecule has 1 aliphatic heterocycles. The first kappa shape index (κ1) is 29.3. The van der Waals surface area contributed by atoms with E-state index >= 15 is 0 Å². The highest BCUT2D eigenvalue weighted by atomic mass is 32.2. The predicted octanol–water partition coefficient (Wildman–Crippen LogP) is 4.38. The summed E-state index contributed by atoms with van der Waals surface area (Å²) in [5.41, 5.74) is 4.79. The number of benzene rings is 1. The number of anilines is 2. The third-order valence-corrected chi connectivity index (χ3v) is 7.82. The summed E-state index contributed by atoms with van der Waals surface area (Å²) >= 11 is 1.33. The Morgan fingerprint density at radius 2 is 1.84 bits per heavy atom. The van der Waals surface area contributed by atoms with Crippen LogP contribution in [0.4, 0.5) is 24.7 Å². The molecule has 0 unspecified atom stereocenters. The summed E-state index contributed by atoms with van der Waals surface area (Å²) in [6.07, 6.45) is -1.29. The first-order chi connectivity index (χ1) is 17.9. The van der Waals surface area contributed by atoms with Gasteiger partial charge in [-0.15, -0.1) is 11.3 Å². The number of sulfonamides is 1. The first-order valence-electron chi connectivity index (χ1n) is 11.5. The minimum absolute atomic E-state index is 0.00725. The fourth-order valence-corrected chi connectivity index (χ4v) is 5.57. The molecule has 3 heterocycles. The van der Waals surface area contributed by atoms with Crippen LogP contribution in [0.25, 0.3) is 0 Å². The number of carbonyl (C=O) groups is 1. The van der Waals surface area contributed by atoms with Crippen molar-refractivity contribution in [1.29, 1.82) is 0 Å². The molecule has 1 saturated heterocycles. The van der Waals surface area contributed by atoms with Crippen molar-refractivity contribution in [2.24, 2.45) is 0 Å². The number of likely N-dealkylation sites (tertiary alicyclic amines) is 1. The average molecular weight is 572 g/mol. The SMILES string of the molecule is Cc1cc(S(=O)(=O)Nc2cscn2)ncc1N(C)C1CCN(Cc2ccccc2)CC1.O=C(O)C(F)(F)F. The molecule has 0 spiro atoms. The largest absolute Gasteiger partial charge is 0.490 e. The number of thiazole rings is 1. The van der Waals surface area contributed by atoms with Crippen molar-refractivity contribution in [3.63, 3.8) is 0 Å². The van der Waals surface area contributed by atoms with Crippen molar-refractivity contribution in [3.05, 3.63) is 64.6 Å². The zero-order chi connectivity index (χ0) is 27.9. The minimum Gasteiger partial charge on any atom is -0.475 e. The monoisotopic (exact) mass is 571 g/mol. The summed E-state index contributed by atoms with van der Waals surface area (Å²) in [6.45, 7) is 5.00. The van der Waals surface area contributed by atoms with Crippen LogP contribution in [0.3, 0.4) is 0 Å². The Kier molecular flexibility index (Phi) is 9.68. The first-order valence-corrected chi connectivity index (χ1v) is 14.0. The Labute approximate surface area is 223 Å². The van der Waals surface area contributed by atoms with E-state index in [9.17, 15) is 21.6 Å². The molecule has 9 nitrogen and oxygen atoms in total. The third-order valence-electron chi connectivity index (χ3n) is 5.98. The second kappa shape index (κ2) is 12.5.